The van der Waals surface area contributed by atoms with E-state index in [4.69, 9.17) is 9.29 Å². The first-order valence-corrected chi connectivity index (χ1v) is 6.42. The summed E-state index contributed by atoms with van der Waals surface area (Å²) in [5.74, 6) is 0. The van der Waals surface area contributed by atoms with Gasteiger partial charge in [-0.1, -0.05) is 0 Å². The monoisotopic (exact) mass is 301 g/mol. The zero-order valence-electron chi connectivity index (χ0n) is 9.36. The number of aliphatic hydroxyl groups excluding tert-OH is 4. The normalized spacial score (nSPS) is 37.8. The summed E-state index contributed by atoms with van der Waals surface area (Å²) in [6, 6.07) is 0. The van der Waals surface area contributed by atoms with Crippen LogP contribution in [0, 0.1) is 0 Å². The van der Waals surface area contributed by atoms with Crippen LogP contribution in [0.15, 0.2) is 0 Å². The Bertz CT molecular complexity index is 408. The number of rotatable bonds is 5. The fourth-order valence-corrected chi connectivity index (χ4v) is 1.99. The number of carbonyl (C=O) groups excluding carboxylic acids is 1. The molecule has 1 rings (SSSR count). The largest absolute Gasteiger partial charge is 0.399 e. The molecule has 0 saturated carbocycles. The Morgan fingerprint density at radius 2 is 1.79 bits per heavy atom. The van der Waals surface area contributed by atoms with E-state index in [1.165, 1.54) is 6.29 Å². The van der Waals surface area contributed by atoms with Crippen LogP contribution in [0.2, 0.25) is 0 Å². The predicted molar refractivity (Wildman–Crippen MR) is 55.6 cm³/mol. The lowest BCUT2D eigenvalue weighted by Crippen LogP contribution is -2.61. The van der Waals surface area contributed by atoms with Crippen molar-refractivity contribution in [2.45, 2.75) is 43.2 Å². The van der Waals surface area contributed by atoms with Crippen molar-refractivity contribution in [2.75, 3.05) is 0 Å². The van der Waals surface area contributed by atoms with Crippen molar-refractivity contribution in [3.63, 3.8) is 0 Å². The Morgan fingerprint density at radius 3 is 2.26 bits per heavy atom. The predicted octanol–water partition coefficient (Wildman–Crippen LogP) is -3.53. The third-order valence-corrected chi connectivity index (χ3v) is 2.93. The maximum Gasteiger partial charge on any atom is 0.399 e. The molecule has 0 amide bonds. The van der Waals surface area contributed by atoms with E-state index in [-0.39, 0.29) is 0 Å². The van der Waals surface area contributed by atoms with E-state index in [1.54, 1.807) is 0 Å². The molecular weight excluding hydrogens is 288 g/mol. The lowest BCUT2D eigenvalue weighted by Gasteiger charge is -2.40. The highest BCUT2D eigenvalue weighted by molar-refractivity contribution is 7.80. The summed E-state index contributed by atoms with van der Waals surface area (Å²) in [6.07, 6.45) is -10.2. The van der Waals surface area contributed by atoms with Gasteiger partial charge >= 0.3 is 10.4 Å². The highest BCUT2D eigenvalue weighted by Gasteiger charge is 2.48. The molecule has 0 aromatic heterocycles. The van der Waals surface area contributed by atoms with Crippen molar-refractivity contribution in [1.82, 2.24) is 0 Å². The Labute approximate surface area is 108 Å². The van der Waals surface area contributed by atoms with Crippen molar-refractivity contribution in [3.8, 4) is 0 Å². The lowest BCUT2D eigenvalue weighted by molar-refractivity contribution is -0.287. The molecule has 111 valence electrons. The molecule has 5 N–H and O–H groups in total. The lowest BCUT2D eigenvalue weighted by atomic mass is 9.94. The van der Waals surface area contributed by atoms with Gasteiger partial charge in [-0.05, 0) is 0 Å². The third-order valence-electron chi connectivity index (χ3n) is 2.49. The van der Waals surface area contributed by atoms with Gasteiger partial charge in [-0.15, -0.1) is 0 Å². The van der Waals surface area contributed by atoms with E-state index >= 15 is 0 Å². The van der Waals surface area contributed by atoms with Gasteiger partial charge in [0.1, 0.15) is 24.4 Å². The molecule has 10 nitrogen and oxygen atoms in total. The minimum absolute atomic E-state index is 0.580. The molecule has 1 aliphatic rings. The Kier molecular flexibility index (Phi) is 5.34. The molecule has 0 bridgehead atoms. The Hall–Kier alpha value is -0.660. The highest BCUT2D eigenvalue weighted by atomic mass is 32.3. The first-order chi connectivity index (χ1) is 8.67. The SMILES string of the molecule is O=[C]CC(O)[C@H]1O[C@H](OS(=O)(=O)O)[C@@H](O)[C@@H](O)[C@@H]1O. The molecule has 1 heterocycles. The highest BCUT2D eigenvalue weighted by Crippen LogP contribution is 2.25. The summed E-state index contributed by atoms with van der Waals surface area (Å²) in [4.78, 5) is 10.1. The van der Waals surface area contributed by atoms with Crippen LogP contribution in [0.3, 0.4) is 0 Å². The number of aliphatic hydroxyl groups is 4. The first-order valence-electron chi connectivity index (χ1n) is 5.06. The molecule has 0 aromatic carbocycles. The van der Waals surface area contributed by atoms with Gasteiger partial charge in [0, 0.05) is 6.42 Å². The zero-order chi connectivity index (χ0) is 14.8. The minimum Gasteiger partial charge on any atom is -0.390 e. The Balaban J connectivity index is 2.87. The molecule has 11 heteroatoms. The van der Waals surface area contributed by atoms with Gasteiger partial charge in [-0.25, -0.2) is 4.18 Å². The molecule has 0 aromatic rings. The maximum atomic E-state index is 10.5. The van der Waals surface area contributed by atoms with Crippen LogP contribution >= 0.6 is 0 Å². The molecule has 0 aliphatic carbocycles. The fraction of sp³-hybridized carbons (Fsp3) is 0.875. The number of ether oxygens (including phenoxy) is 1. The topological polar surface area (TPSA) is 171 Å². The van der Waals surface area contributed by atoms with Gasteiger partial charge in [0.05, 0.1) is 6.10 Å². The van der Waals surface area contributed by atoms with Gasteiger partial charge in [0.15, 0.2) is 0 Å². The third kappa shape index (κ3) is 4.15. The van der Waals surface area contributed by atoms with Crippen LogP contribution in [0.25, 0.3) is 0 Å². The Morgan fingerprint density at radius 1 is 1.21 bits per heavy atom. The van der Waals surface area contributed by atoms with Gasteiger partial charge in [-0.3, -0.25) is 9.35 Å². The molecule has 6 atom stereocenters. The first kappa shape index (κ1) is 16.4. The van der Waals surface area contributed by atoms with E-state index in [0.717, 1.165) is 0 Å². The molecule has 1 unspecified atom stereocenters. The van der Waals surface area contributed by atoms with Crippen molar-refractivity contribution >= 4 is 16.7 Å². The molecule has 1 fully saturated rings. The van der Waals surface area contributed by atoms with Gasteiger partial charge < -0.3 is 25.2 Å². The van der Waals surface area contributed by atoms with Crippen molar-refractivity contribution in [1.29, 1.82) is 0 Å². The smallest absolute Gasteiger partial charge is 0.390 e. The number of hydrogen-bond donors (Lipinski definition) is 5. The molecule has 1 saturated heterocycles. The van der Waals surface area contributed by atoms with Crippen molar-refractivity contribution < 1.29 is 47.1 Å². The van der Waals surface area contributed by atoms with E-state index in [2.05, 4.69) is 4.18 Å². The minimum atomic E-state index is -5.00. The van der Waals surface area contributed by atoms with Crippen molar-refractivity contribution in [2.24, 2.45) is 0 Å². The molecule has 1 radical (unpaired) electrons. The second-order valence-electron chi connectivity index (χ2n) is 3.88. The quantitative estimate of drug-likeness (QED) is 0.320. The molecule has 1 aliphatic heterocycles. The standard InChI is InChI=1S/C8H13O10S/c9-2-1-3(10)7-5(12)4(11)6(13)8(17-7)18-19(14,15)16/h3-8,10-13H,1H2,(H,14,15,16)/t3?,4-,5-,6-,7+,8+/m0/s1. The number of hydrogen-bond acceptors (Lipinski definition) is 9. The second-order valence-corrected chi connectivity index (χ2v) is 4.93. The van der Waals surface area contributed by atoms with E-state index < -0.39 is 53.6 Å². The van der Waals surface area contributed by atoms with E-state index in [9.17, 15) is 33.6 Å². The van der Waals surface area contributed by atoms with Gasteiger partial charge in [0.25, 0.3) is 0 Å². The van der Waals surface area contributed by atoms with Crippen LogP contribution < -0.4 is 0 Å². The zero-order valence-corrected chi connectivity index (χ0v) is 10.2. The average molecular weight is 301 g/mol. The molecular formula is C8H13O10S. The summed E-state index contributed by atoms with van der Waals surface area (Å²) in [5, 5.41) is 37.8. The van der Waals surface area contributed by atoms with Crippen LogP contribution in [-0.4, -0.2) is 76.5 Å². The summed E-state index contributed by atoms with van der Waals surface area (Å²) < 4.78 is 38.1. The summed E-state index contributed by atoms with van der Waals surface area (Å²) in [6.45, 7) is 0. The van der Waals surface area contributed by atoms with Crippen LogP contribution in [0.1, 0.15) is 6.42 Å². The van der Waals surface area contributed by atoms with Gasteiger partial charge in [0.2, 0.25) is 12.6 Å². The van der Waals surface area contributed by atoms with Gasteiger partial charge in [-0.2, -0.15) is 8.42 Å². The second kappa shape index (κ2) is 6.19. The van der Waals surface area contributed by atoms with Crippen LogP contribution in [-0.2, 0) is 24.1 Å². The maximum absolute atomic E-state index is 10.5. The van der Waals surface area contributed by atoms with E-state index in [0.29, 0.717) is 0 Å². The average Bonchev–Trinajstić information content (AvgIpc) is 2.28. The summed E-state index contributed by atoms with van der Waals surface area (Å²) >= 11 is 0. The molecule has 0 spiro atoms. The van der Waals surface area contributed by atoms with E-state index in [1.807, 2.05) is 0 Å². The van der Waals surface area contributed by atoms with Crippen LogP contribution in [0.5, 0.6) is 0 Å². The summed E-state index contributed by atoms with van der Waals surface area (Å²) in [5.41, 5.74) is 0. The molecule has 19 heavy (non-hydrogen) atoms. The summed E-state index contributed by atoms with van der Waals surface area (Å²) in [7, 11) is -5.00. The van der Waals surface area contributed by atoms with Crippen molar-refractivity contribution in [3.05, 3.63) is 0 Å². The fourth-order valence-electron chi connectivity index (χ4n) is 1.59. The van der Waals surface area contributed by atoms with Crippen LogP contribution in [0.4, 0.5) is 0 Å².